The number of thiazole rings is 1. The van der Waals surface area contributed by atoms with E-state index in [-0.39, 0.29) is 0 Å². The van der Waals surface area contributed by atoms with E-state index in [4.69, 9.17) is 23.2 Å². The lowest BCUT2D eigenvalue weighted by molar-refractivity contribution is 1.28. The number of rotatable bonds is 2. The lowest BCUT2D eigenvalue weighted by atomic mass is 10.1. The average molecular weight is 258 g/mol. The minimum atomic E-state index is 0.503. The van der Waals surface area contributed by atoms with Gasteiger partial charge in [0.05, 0.1) is 16.6 Å². The van der Waals surface area contributed by atoms with Crippen LogP contribution < -0.4 is 0 Å². The van der Waals surface area contributed by atoms with Crippen molar-refractivity contribution in [3.05, 3.63) is 39.2 Å². The Morgan fingerprint density at radius 2 is 1.93 bits per heavy atom. The first-order valence-corrected chi connectivity index (χ1v) is 6.22. The van der Waals surface area contributed by atoms with Crippen LogP contribution in [0.25, 0.3) is 11.3 Å². The Balaban J connectivity index is 2.48. The van der Waals surface area contributed by atoms with Crippen LogP contribution in [0.15, 0.2) is 24.3 Å². The van der Waals surface area contributed by atoms with Gasteiger partial charge in [0.1, 0.15) is 0 Å². The summed E-state index contributed by atoms with van der Waals surface area (Å²) in [7, 11) is 0. The van der Waals surface area contributed by atoms with Gasteiger partial charge in [0.2, 0.25) is 0 Å². The molecule has 0 radical (unpaired) electrons. The zero-order valence-electron chi connectivity index (χ0n) is 8.13. The summed E-state index contributed by atoms with van der Waals surface area (Å²) in [6, 6.07) is 7.66. The van der Waals surface area contributed by atoms with E-state index >= 15 is 0 Å². The molecular formula is C11H9Cl2NS. The van der Waals surface area contributed by atoms with E-state index in [1.54, 1.807) is 11.3 Å². The Kier molecular flexibility index (Phi) is 3.29. The maximum absolute atomic E-state index is 5.87. The molecule has 0 saturated heterocycles. The molecular weight excluding hydrogens is 249 g/mol. The van der Waals surface area contributed by atoms with Crippen molar-refractivity contribution in [3.8, 4) is 11.3 Å². The topological polar surface area (TPSA) is 12.9 Å². The Labute approximate surface area is 103 Å². The minimum Gasteiger partial charge on any atom is -0.241 e. The van der Waals surface area contributed by atoms with Crippen molar-refractivity contribution in [1.82, 2.24) is 4.98 Å². The van der Waals surface area contributed by atoms with Crippen molar-refractivity contribution < 1.29 is 0 Å². The predicted octanol–water partition coefficient (Wildman–Crippen LogP) is 4.51. The summed E-state index contributed by atoms with van der Waals surface area (Å²) >= 11 is 13.3. The summed E-state index contributed by atoms with van der Waals surface area (Å²) < 4.78 is 0. The first kappa shape index (κ1) is 10.9. The summed E-state index contributed by atoms with van der Waals surface area (Å²) in [5.41, 5.74) is 2.04. The summed E-state index contributed by atoms with van der Waals surface area (Å²) in [5, 5.41) is 1.77. The van der Waals surface area contributed by atoms with E-state index in [9.17, 15) is 0 Å². The van der Waals surface area contributed by atoms with E-state index in [2.05, 4.69) is 4.98 Å². The fraction of sp³-hybridized carbons (Fsp3) is 0.182. The number of aryl methyl sites for hydroxylation is 1. The number of aromatic nitrogens is 1. The van der Waals surface area contributed by atoms with Gasteiger partial charge in [-0.25, -0.2) is 4.98 Å². The quantitative estimate of drug-likeness (QED) is 0.722. The highest BCUT2D eigenvalue weighted by atomic mass is 35.5. The van der Waals surface area contributed by atoms with Crippen LogP contribution in [0.2, 0.25) is 5.02 Å². The summed E-state index contributed by atoms with van der Waals surface area (Å²) in [6.07, 6.45) is 0. The fourth-order valence-corrected chi connectivity index (χ4v) is 2.62. The zero-order chi connectivity index (χ0) is 10.8. The van der Waals surface area contributed by atoms with Crippen molar-refractivity contribution in [2.75, 3.05) is 0 Å². The van der Waals surface area contributed by atoms with Gasteiger partial charge in [-0.3, -0.25) is 0 Å². The highest BCUT2D eigenvalue weighted by molar-refractivity contribution is 7.12. The van der Waals surface area contributed by atoms with Crippen LogP contribution in [0.4, 0.5) is 0 Å². The van der Waals surface area contributed by atoms with Crippen LogP contribution in [-0.2, 0) is 5.88 Å². The van der Waals surface area contributed by atoms with Crippen LogP contribution in [0.3, 0.4) is 0 Å². The van der Waals surface area contributed by atoms with Crippen molar-refractivity contribution in [3.63, 3.8) is 0 Å². The molecule has 0 aliphatic rings. The molecule has 0 spiro atoms. The van der Waals surface area contributed by atoms with Gasteiger partial charge >= 0.3 is 0 Å². The van der Waals surface area contributed by atoms with Gasteiger partial charge in [-0.05, 0) is 19.1 Å². The number of nitrogens with zero attached hydrogens (tertiary/aromatic N) is 1. The number of halogens is 2. The van der Waals surface area contributed by atoms with Gasteiger partial charge in [0.25, 0.3) is 0 Å². The standard InChI is InChI=1S/C11H9Cl2NS/c1-7-14-11(10(6-12)15-7)8-2-4-9(13)5-3-8/h2-5H,6H2,1H3. The number of alkyl halides is 1. The molecule has 1 heterocycles. The molecule has 1 aromatic carbocycles. The molecule has 4 heteroatoms. The molecule has 0 fully saturated rings. The second-order valence-electron chi connectivity index (χ2n) is 3.15. The first-order chi connectivity index (χ1) is 7.20. The maximum atomic E-state index is 5.87. The van der Waals surface area contributed by atoms with E-state index < -0.39 is 0 Å². The molecule has 1 nitrogen and oxygen atoms in total. The Morgan fingerprint density at radius 3 is 2.53 bits per heavy atom. The molecule has 0 aliphatic carbocycles. The molecule has 78 valence electrons. The van der Waals surface area contributed by atoms with Gasteiger partial charge in [0.15, 0.2) is 0 Å². The molecule has 0 saturated carbocycles. The molecule has 15 heavy (non-hydrogen) atoms. The summed E-state index contributed by atoms with van der Waals surface area (Å²) in [6.45, 7) is 1.99. The van der Waals surface area contributed by atoms with Crippen LogP contribution in [0, 0.1) is 6.92 Å². The fourth-order valence-electron chi connectivity index (χ4n) is 1.39. The maximum Gasteiger partial charge on any atom is 0.0904 e. The number of benzene rings is 1. The molecule has 0 bridgehead atoms. The van der Waals surface area contributed by atoms with E-state index in [0.717, 1.165) is 26.2 Å². The first-order valence-electron chi connectivity index (χ1n) is 4.49. The lowest BCUT2D eigenvalue weighted by Crippen LogP contribution is -1.82. The molecule has 0 aliphatic heterocycles. The van der Waals surface area contributed by atoms with Gasteiger partial charge in [-0.1, -0.05) is 23.7 Å². The average Bonchev–Trinajstić information content (AvgIpc) is 2.61. The predicted molar refractivity (Wildman–Crippen MR) is 66.9 cm³/mol. The summed E-state index contributed by atoms with van der Waals surface area (Å²) in [5.74, 6) is 0.503. The van der Waals surface area contributed by atoms with Crippen molar-refractivity contribution in [2.45, 2.75) is 12.8 Å². The smallest absolute Gasteiger partial charge is 0.0904 e. The van der Waals surface area contributed by atoms with Gasteiger partial charge < -0.3 is 0 Å². The van der Waals surface area contributed by atoms with Crippen LogP contribution in [-0.4, -0.2) is 4.98 Å². The Hall–Kier alpha value is -0.570. The Morgan fingerprint density at radius 1 is 1.27 bits per heavy atom. The van der Waals surface area contributed by atoms with Crippen LogP contribution in [0.1, 0.15) is 9.88 Å². The van der Waals surface area contributed by atoms with Crippen LogP contribution in [0.5, 0.6) is 0 Å². The highest BCUT2D eigenvalue weighted by Crippen LogP contribution is 2.29. The lowest BCUT2D eigenvalue weighted by Gasteiger charge is -1.99. The molecule has 1 aromatic heterocycles. The van der Waals surface area contributed by atoms with Gasteiger partial charge in [-0.15, -0.1) is 22.9 Å². The third-order valence-electron chi connectivity index (χ3n) is 2.04. The third kappa shape index (κ3) is 2.33. The Bertz CT molecular complexity index is 462. The minimum absolute atomic E-state index is 0.503. The molecule has 0 N–H and O–H groups in total. The van der Waals surface area contributed by atoms with E-state index in [0.29, 0.717) is 5.88 Å². The zero-order valence-corrected chi connectivity index (χ0v) is 10.5. The molecule has 0 unspecified atom stereocenters. The largest absolute Gasteiger partial charge is 0.241 e. The molecule has 0 amide bonds. The number of hydrogen-bond acceptors (Lipinski definition) is 2. The monoisotopic (exact) mass is 257 g/mol. The second-order valence-corrected chi connectivity index (χ2v) is 5.14. The normalized spacial score (nSPS) is 10.6. The summed E-state index contributed by atoms with van der Waals surface area (Å²) in [4.78, 5) is 5.58. The third-order valence-corrected chi connectivity index (χ3v) is 3.69. The number of hydrogen-bond donors (Lipinski definition) is 0. The van der Waals surface area contributed by atoms with Crippen molar-refractivity contribution in [1.29, 1.82) is 0 Å². The van der Waals surface area contributed by atoms with Crippen molar-refractivity contribution in [2.24, 2.45) is 0 Å². The van der Waals surface area contributed by atoms with Crippen LogP contribution >= 0.6 is 34.5 Å². The van der Waals surface area contributed by atoms with E-state index in [1.165, 1.54) is 0 Å². The van der Waals surface area contributed by atoms with Crippen molar-refractivity contribution >= 4 is 34.5 Å². The molecule has 2 aromatic rings. The SMILES string of the molecule is Cc1nc(-c2ccc(Cl)cc2)c(CCl)s1. The van der Waals surface area contributed by atoms with E-state index in [1.807, 2.05) is 31.2 Å². The second kappa shape index (κ2) is 4.52. The highest BCUT2D eigenvalue weighted by Gasteiger charge is 2.09. The molecule has 2 rings (SSSR count). The van der Waals surface area contributed by atoms with Gasteiger partial charge in [-0.2, -0.15) is 0 Å². The van der Waals surface area contributed by atoms with Gasteiger partial charge in [0, 0.05) is 15.5 Å². The molecule has 0 atom stereocenters.